The monoisotopic (exact) mass is 1110 g/mol. The lowest BCUT2D eigenvalue weighted by Gasteiger charge is -2.28. The standard InChI is InChI=1S/C15H26NO9P.C10H20NO7P.C9H18NO7P.C6H10O3/c1-14(2,3)25-13(19)16-10(26(20,21-6)22-7)12(18)24-9-11(17)23-8-15(9,4)5;1-10(2,3)18-9(13)11-7(8(12)15-4)19(14,16-5)17-6;1-9(2,3)17-8(13)10-6(7(11)12)18(14,15-4)16-5;1-6(2)3-9-5(8)4(6)7/h9-10H,8H2,1-7H3,(H,16,19);7H,1-6H3,(H,11,13);6H,1-5H3,(H,10,13)(H,11,12);4,7H,3H2,1-2H3/t9-,10?;;;4-/m1..1/s1. The van der Waals surface area contributed by atoms with Gasteiger partial charge >= 0.3 is 70.9 Å². The smallest absolute Gasteiger partial charge is 0.408 e. The summed E-state index contributed by atoms with van der Waals surface area (Å²) in [6, 6.07) is 0. The second-order valence-electron chi connectivity index (χ2n) is 19.1. The minimum absolute atomic E-state index is 0.0557. The Labute approximate surface area is 418 Å². The van der Waals surface area contributed by atoms with Crippen LogP contribution in [-0.2, 0) is 98.0 Å². The van der Waals surface area contributed by atoms with Gasteiger partial charge in [0.1, 0.15) is 23.4 Å². The number of carboxylic acid groups (broad SMARTS) is 1. The summed E-state index contributed by atoms with van der Waals surface area (Å²) in [5.41, 5.74) is -3.61. The third kappa shape index (κ3) is 23.2. The molecule has 2 aliphatic rings. The largest absolute Gasteiger partial charge is 0.479 e. The Hall–Kier alpha value is -4.43. The first-order valence-electron chi connectivity index (χ1n) is 21.1. The summed E-state index contributed by atoms with van der Waals surface area (Å²) in [6.07, 6.45) is -5.14. The van der Waals surface area contributed by atoms with Gasteiger partial charge in [-0.25, -0.2) is 38.4 Å². The van der Waals surface area contributed by atoms with Crippen LogP contribution in [0.4, 0.5) is 14.4 Å². The number of hydrogen-bond acceptors (Lipinski definition) is 25. The van der Waals surface area contributed by atoms with Gasteiger partial charge in [0, 0.05) is 53.5 Å². The molecule has 2 rings (SSSR count). The fourth-order valence-electron chi connectivity index (χ4n) is 4.89. The van der Waals surface area contributed by atoms with Crippen LogP contribution < -0.4 is 16.0 Å². The molecule has 3 amide bonds. The summed E-state index contributed by atoms with van der Waals surface area (Å²) in [5.74, 6) is -10.2. The number of methoxy groups -OCH3 is 1. The van der Waals surface area contributed by atoms with E-state index < -0.39 is 128 Å². The highest BCUT2D eigenvalue weighted by molar-refractivity contribution is 7.56. The van der Waals surface area contributed by atoms with Gasteiger partial charge in [0.15, 0.2) is 6.10 Å². The number of hydrogen-bond donors (Lipinski definition) is 5. The van der Waals surface area contributed by atoms with Crippen LogP contribution >= 0.6 is 22.8 Å². The third-order valence-corrected chi connectivity index (χ3v) is 14.6. The SMILES string of the molecule is CC1(C)COC(=O)[C@H]1O.COC(=O)C(NC(=O)OC(C)(C)C)P(=O)(OC)OC.COP(=O)(OC)C(NC(=O)OC(C)(C)C)C(=O)O.COP(=O)(OC)C(NC(=O)OC(C)(C)C)C(=O)O[C@@H]1C(=O)OCC1(C)C. The summed E-state index contributed by atoms with van der Waals surface area (Å²) in [7, 11) is -4.55. The Balaban J connectivity index is 0. The Morgan fingerprint density at radius 3 is 1.06 bits per heavy atom. The van der Waals surface area contributed by atoms with Gasteiger partial charge in [-0.3, -0.25) is 29.6 Å². The minimum atomic E-state index is -4.12. The molecule has 0 saturated carbocycles. The van der Waals surface area contributed by atoms with Gasteiger partial charge in [0.05, 0.1) is 13.7 Å². The normalized spacial score (nSPS) is 18.6. The molecule has 0 aliphatic carbocycles. The molecular weight excluding hydrogens is 1030 g/mol. The van der Waals surface area contributed by atoms with Crippen molar-refractivity contribution in [2.45, 2.75) is 136 Å². The first kappa shape index (κ1) is 69.6. The van der Waals surface area contributed by atoms with Crippen LogP contribution in [0.2, 0.25) is 0 Å². The molecular formula is C40H74N3O26P3. The molecule has 72 heavy (non-hydrogen) atoms. The van der Waals surface area contributed by atoms with E-state index in [1.807, 2.05) is 5.32 Å². The van der Waals surface area contributed by atoms with Gasteiger partial charge in [-0.15, -0.1) is 0 Å². The number of esters is 4. The number of nitrogens with one attached hydrogen (secondary N) is 3. The van der Waals surface area contributed by atoms with Gasteiger partial charge in [0.25, 0.3) is 0 Å². The number of aliphatic carboxylic acids is 1. The number of aliphatic hydroxyl groups excluding tert-OH is 1. The average Bonchev–Trinajstić information content (AvgIpc) is 3.66. The van der Waals surface area contributed by atoms with E-state index in [1.54, 1.807) is 90.0 Å². The maximum Gasteiger partial charge on any atom is 0.408 e. The maximum atomic E-state index is 12.7. The van der Waals surface area contributed by atoms with E-state index >= 15 is 0 Å². The summed E-state index contributed by atoms with van der Waals surface area (Å²) >= 11 is 0. The molecule has 0 aromatic heterocycles. The number of rotatable bonds is 16. The molecule has 2 heterocycles. The van der Waals surface area contributed by atoms with Crippen LogP contribution in [0.25, 0.3) is 0 Å². The predicted molar refractivity (Wildman–Crippen MR) is 249 cm³/mol. The van der Waals surface area contributed by atoms with Crippen molar-refractivity contribution in [3.8, 4) is 0 Å². The van der Waals surface area contributed by atoms with Crippen LogP contribution in [0.5, 0.6) is 0 Å². The highest BCUT2D eigenvalue weighted by Gasteiger charge is 2.51. The topological polar surface area (TPSA) is 384 Å². The predicted octanol–water partition coefficient (Wildman–Crippen LogP) is 4.65. The fraction of sp³-hybridized carbons (Fsp3) is 0.800. The number of carbonyl (C=O) groups excluding carboxylic acids is 7. The number of alkyl carbamates (subject to hydrolysis) is 3. The van der Waals surface area contributed by atoms with Gasteiger partial charge in [-0.2, -0.15) is 0 Å². The molecule has 2 aliphatic heterocycles. The zero-order valence-corrected chi connectivity index (χ0v) is 47.0. The van der Waals surface area contributed by atoms with Crippen LogP contribution in [0.15, 0.2) is 0 Å². The number of ether oxygens (including phenoxy) is 7. The van der Waals surface area contributed by atoms with Gasteiger partial charge in [-0.05, 0) is 62.3 Å². The molecule has 0 aromatic rings. The molecule has 0 spiro atoms. The molecule has 0 bridgehead atoms. The van der Waals surface area contributed by atoms with Crippen LogP contribution in [0.1, 0.15) is 90.0 Å². The van der Waals surface area contributed by atoms with Gasteiger partial charge < -0.3 is 70.5 Å². The van der Waals surface area contributed by atoms with Crippen molar-refractivity contribution in [1.29, 1.82) is 0 Å². The fourth-order valence-corrected chi connectivity index (χ4v) is 8.34. The summed E-state index contributed by atoms with van der Waals surface area (Å²) < 4.78 is 98.6. The van der Waals surface area contributed by atoms with Crippen molar-refractivity contribution >= 4 is 70.9 Å². The lowest BCUT2D eigenvalue weighted by Crippen LogP contribution is -2.47. The molecule has 2 fully saturated rings. The summed E-state index contributed by atoms with van der Waals surface area (Å²) in [6.45, 7) is 21.9. The van der Waals surface area contributed by atoms with Crippen molar-refractivity contribution in [1.82, 2.24) is 16.0 Å². The van der Waals surface area contributed by atoms with E-state index in [-0.39, 0.29) is 6.61 Å². The van der Waals surface area contributed by atoms with Gasteiger partial charge in [-0.1, -0.05) is 27.7 Å². The quantitative estimate of drug-likeness (QED) is 0.0797. The van der Waals surface area contributed by atoms with E-state index in [0.29, 0.717) is 6.61 Å². The number of carbonyl (C=O) groups is 8. The maximum absolute atomic E-state index is 12.7. The number of cyclic esters (lactones) is 2. The zero-order valence-electron chi connectivity index (χ0n) is 44.3. The van der Waals surface area contributed by atoms with Gasteiger partial charge in [0.2, 0.25) is 23.5 Å². The molecule has 0 radical (unpaired) electrons. The third-order valence-electron chi connectivity index (χ3n) is 8.61. The molecule has 32 heteroatoms. The summed E-state index contributed by atoms with van der Waals surface area (Å²) in [5, 5.41) is 24.2. The molecule has 5 N–H and O–H groups in total. The molecule has 5 atom stereocenters. The number of amides is 3. The Morgan fingerprint density at radius 2 is 0.833 bits per heavy atom. The lowest BCUT2D eigenvalue weighted by molar-refractivity contribution is -0.163. The van der Waals surface area contributed by atoms with Crippen LogP contribution in [-0.4, -0.2) is 168 Å². The Kier molecular flexibility index (Phi) is 27.4. The first-order valence-corrected chi connectivity index (χ1v) is 25.9. The van der Waals surface area contributed by atoms with Crippen molar-refractivity contribution in [2.75, 3.05) is 63.0 Å². The number of aliphatic hydroxyl groups is 1. The average molecular weight is 1110 g/mol. The van der Waals surface area contributed by atoms with E-state index in [4.69, 9.17) is 42.9 Å². The highest BCUT2D eigenvalue weighted by Crippen LogP contribution is 2.52. The molecule has 29 nitrogen and oxygen atoms in total. The Morgan fingerprint density at radius 1 is 0.542 bits per heavy atom. The number of carboxylic acids is 1. The van der Waals surface area contributed by atoms with Crippen molar-refractivity contribution in [2.24, 2.45) is 10.8 Å². The van der Waals surface area contributed by atoms with Crippen LogP contribution in [0.3, 0.4) is 0 Å². The molecule has 2 saturated heterocycles. The van der Waals surface area contributed by atoms with E-state index in [0.717, 1.165) is 49.8 Å². The second kappa shape index (κ2) is 28.3. The summed E-state index contributed by atoms with van der Waals surface area (Å²) in [4.78, 5) is 92.4. The second-order valence-corrected chi connectivity index (χ2v) is 26.1. The van der Waals surface area contributed by atoms with Crippen molar-refractivity contribution in [3.05, 3.63) is 0 Å². The first-order chi connectivity index (χ1) is 32.4. The van der Waals surface area contributed by atoms with Crippen molar-refractivity contribution in [3.63, 3.8) is 0 Å². The molecule has 420 valence electrons. The zero-order chi connectivity index (χ0) is 57.2. The van der Waals surface area contributed by atoms with E-state index in [1.165, 1.54) is 0 Å². The molecule has 0 aromatic carbocycles. The lowest BCUT2D eigenvalue weighted by atomic mass is 9.90. The van der Waals surface area contributed by atoms with E-state index in [2.05, 4.69) is 38.2 Å². The minimum Gasteiger partial charge on any atom is -0.479 e. The van der Waals surface area contributed by atoms with Crippen LogP contribution in [0, 0.1) is 10.8 Å². The van der Waals surface area contributed by atoms with Crippen molar-refractivity contribution < 1.29 is 123 Å². The van der Waals surface area contributed by atoms with E-state index in [9.17, 15) is 52.1 Å². The highest BCUT2D eigenvalue weighted by atomic mass is 31.2. The molecule has 3 unspecified atom stereocenters. The Bertz CT molecular complexity index is 2000.